The third kappa shape index (κ3) is 6.51. The molecule has 2 rings (SSSR count). The van der Waals surface area contributed by atoms with Crippen LogP contribution >= 0.6 is 11.8 Å². The van der Waals surface area contributed by atoms with Crippen molar-refractivity contribution < 1.29 is 46.5 Å². The van der Waals surface area contributed by atoms with Gasteiger partial charge in [0.05, 0.1) is 11.8 Å². The molecule has 0 unspecified atom stereocenters. The molecule has 1 aromatic heterocycles. The summed E-state index contributed by atoms with van der Waals surface area (Å²) in [5.74, 6) is -2.24. The Labute approximate surface area is 168 Å². The average Bonchev–Trinajstić information content (AvgIpc) is 2.58. The maximum Gasteiger partial charge on any atom is 0.418 e. The Hall–Kier alpha value is -2.50. The summed E-state index contributed by atoms with van der Waals surface area (Å²) in [6, 6.07) is 0.747. The second-order valence-electron chi connectivity index (χ2n) is 6.02. The Bertz CT molecular complexity index is 774. The largest absolute Gasteiger partial charge is 0.474 e. The fraction of sp³-hybridized carbons (Fsp3) is 0.529. The lowest BCUT2D eigenvalue weighted by Gasteiger charge is -2.39. The molecule has 12 heteroatoms. The van der Waals surface area contributed by atoms with Crippen LogP contribution in [0.4, 0.5) is 13.2 Å². The summed E-state index contributed by atoms with van der Waals surface area (Å²) in [6.07, 6.45) is -6.30. The summed E-state index contributed by atoms with van der Waals surface area (Å²) in [5.41, 5.74) is -2.06. The SMILES string of the molecule is CC(=O)O[C@@H]1[C@@H](OC(C)=O)[C@H](OC(C)=O)CS[C@H]1Oc1cncc(C(F)(F)F)c1. The number of aromatic nitrogens is 1. The summed E-state index contributed by atoms with van der Waals surface area (Å²) < 4.78 is 59.8. The highest BCUT2D eigenvalue weighted by atomic mass is 32.2. The maximum absolute atomic E-state index is 12.9. The van der Waals surface area contributed by atoms with E-state index in [1.54, 1.807) is 0 Å². The minimum absolute atomic E-state index is 0.0896. The number of ether oxygens (including phenoxy) is 4. The van der Waals surface area contributed by atoms with Crippen LogP contribution in [0.1, 0.15) is 26.3 Å². The van der Waals surface area contributed by atoms with Gasteiger partial charge in [-0.3, -0.25) is 19.4 Å². The Kier molecular flexibility index (Phi) is 7.33. The number of carbonyl (C=O) groups excluding carboxylic acids is 3. The van der Waals surface area contributed by atoms with Crippen molar-refractivity contribution in [2.45, 2.75) is 50.7 Å². The van der Waals surface area contributed by atoms with Crippen LogP contribution in [0.2, 0.25) is 0 Å². The first kappa shape index (κ1) is 22.8. The molecule has 8 nitrogen and oxygen atoms in total. The van der Waals surface area contributed by atoms with E-state index in [2.05, 4.69) is 4.98 Å². The molecular weight excluding hydrogens is 419 g/mol. The van der Waals surface area contributed by atoms with Gasteiger partial charge in [0.2, 0.25) is 0 Å². The maximum atomic E-state index is 12.9. The lowest BCUT2D eigenvalue weighted by molar-refractivity contribution is -0.186. The van der Waals surface area contributed by atoms with Crippen LogP contribution in [0.3, 0.4) is 0 Å². The summed E-state index contributed by atoms with van der Waals surface area (Å²) in [5, 5.41) is 0. The van der Waals surface area contributed by atoms with Crippen LogP contribution in [0, 0.1) is 0 Å². The zero-order valence-electron chi connectivity index (χ0n) is 15.6. The second kappa shape index (κ2) is 9.33. The number of nitrogens with zero attached hydrogens (tertiary/aromatic N) is 1. The van der Waals surface area contributed by atoms with E-state index in [9.17, 15) is 27.6 Å². The number of carbonyl (C=O) groups is 3. The van der Waals surface area contributed by atoms with Gasteiger partial charge in [-0.15, -0.1) is 11.8 Å². The Morgan fingerprint density at radius 1 is 1.00 bits per heavy atom. The zero-order valence-corrected chi connectivity index (χ0v) is 16.4. The first-order chi connectivity index (χ1) is 13.5. The molecular formula is C17H18F3NO7S. The van der Waals surface area contributed by atoms with Gasteiger partial charge < -0.3 is 18.9 Å². The fourth-order valence-electron chi connectivity index (χ4n) is 2.58. The molecule has 1 aliphatic rings. The van der Waals surface area contributed by atoms with Crippen LogP contribution in [0.5, 0.6) is 5.75 Å². The van der Waals surface area contributed by atoms with Gasteiger partial charge in [-0.25, -0.2) is 0 Å². The van der Waals surface area contributed by atoms with Crippen molar-refractivity contribution >= 4 is 29.7 Å². The molecule has 1 fully saturated rings. The monoisotopic (exact) mass is 437 g/mol. The summed E-state index contributed by atoms with van der Waals surface area (Å²) in [7, 11) is 0. The van der Waals surface area contributed by atoms with E-state index in [-0.39, 0.29) is 11.5 Å². The van der Waals surface area contributed by atoms with Gasteiger partial charge in [-0.2, -0.15) is 13.2 Å². The molecule has 1 aliphatic heterocycles. The van der Waals surface area contributed by atoms with Crippen LogP contribution in [-0.2, 0) is 34.8 Å². The third-order valence-electron chi connectivity index (χ3n) is 3.60. The van der Waals surface area contributed by atoms with Crippen molar-refractivity contribution in [3.8, 4) is 5.75 Å². The predicted octanol–water partition coefficient (Wildman–Crippen LogP) is 2.35. The molecule has 0 amide bonds. The molecule has 29 heavy (non-hydrogen) atoms. The van der Waals surface area contributed by atoms with Crippen molar-refractivity contribution in [2.24, 2.45) is 0 Å². The first-order valence-corrected chi connectivity index (χ1v) is 9.34. The minimum atomic E-state index is -4.62. The number of halogens is 3. The molecule has 2 heterocycles. The number of hydrogen-bond acceptors (Lipinski definition) is 9. The number of pyridine rings is 1. The van der Waals surface area contributed by atoms with Crippen LogP contribution < -0.4 is 4.74 Å². The van der Waals surface area contributed by atoms with Crippen LogP contribution in [0.25, 0.3) is 0 Å². The molecule has 0 spiro atoms. The first-order valence-electron chi connectivity index (χ1n) is 8.29. The van der Waals surface area contributed by atoms with Crippen molar-refractivity contribution in [3.63, 3.8) is 0 Å². The molecule has 0 bridgehead atoms. The van der Waals surface area contributed by atoms with Gasteiger partial charge >= 0.3 is 24.1 Å². The van der Waals surface area contributed by atoms with Gasteiger partial charge in [0.1, 0.15) is 5.75 Å². The number of thioether (sulfide) groups is 1. The summed E-state index contributed by atoms with van der Waals surface area (Å²) >= 11 is 1.03. The number of alkyl halides is 3. The summed E-state index contributed by atoms with van der Waals surface area (Å²) in [4.78, 5) is 37.9. The molecule has 4 atom stereocenters. The van der Waals surface area contributed by atoms with E-state index in [1.165, 1.54) is 0 Å². The second-order valence-corrected chi connectivity index (χ2v) is 7.15. The van der Waals surface area contributed by atoms with Crippen molar-refractivity contribution in [3.05, 3.63) is 24.0 Å². The fourth-order valence-corrected chi connectivity index (χ4v) is 3.80. The number of hydrogen-bond donors (Lipinski definition) is 0. The van der Waals surface area contributed by atoms with E-state index < -0.39 is 53.4 Å². The molecule has 0 saturated carbocycles. The van der Waals surface area contributed by atoms with Gasteiger partial charge in [0.25, 0.3) is 0 Å². The van der Waals surface area contributed by atoms with Gasteiger partial charge in [0.15, 0.2) is 23.7 Å². The van der Waals surface area contributed by atoms with Crippen LogP contribution in [-0.4, -0.2) is 52.4 Å². The lowest BCUT2D eigenvalue weighted by atomic mass is 10.1. The summed E-state index contributed by atoms with van der Waals surface area (Å²) in [6.45, 7) is 3.38. The smallest absolute Gasteiger partial charge is 0.418 e. The molecule has 0 N–H and O–H groups in total. The van der Waals surface area contributed by atoms with Gasteiger partial charge in [-0.1, -0.05) is 0 Å². The standard InChI is InChI=1S/C17H18F3NO7S/c1-8(22)25-13-7-29-16(15(27-10(3)24)14(13)26-9(2)23)28-12-4-11(5-21-6-12)17(18,19)20/h4-6,13-16H,7H2,1-3H3/t13-,14+,15-,16-/m1/s1. The lowest BCUT2D eigenvalue weighted by Crippen LogP contribution is -2.55. The van der Waals surface area contributed by atoms with Crippen molar-refractivity contribution in [2.75, 3.05) is 5.75 Å². The molecule has 1 aromatic rings. The van der Waals surface area contributed by atoms with Crippen molar-refractivity contribution in [1.82, 2.24) is 4.98 Å². The number of esters is 3. The highest BCUT2D eigenvalue weighted by Gasteiger charge is 2.47. The Morgan fingerprint density at radius 2 is 1.59 bits per heavy atom. The highest BCUT2D eigenvalue weighted by Crippen LogP contribution is 2.36. The zero-order chi connectivity index (χ0) is 21.8. The molecule has 1 saturated heterocycles. The Balaban J connectivity index is 2.31. The molecule has 0 radical (unpaired) electrons. The van der Waals surface area contributed by atoms with Gasteiger partial charge in [-0.05, 0) is 6.07 Å². The van der Waals surface area contributed by atoms with Crippen molar-refractivity contribution in [1.29, 1.82) is 0 Å². The highest BCUT2D eigenvalue weighted by molar-refractivity contribution is 7.99. The topological polar surface area (TPSA) is 101 Å². The quantitative estimate of drug-likeness (QED) is 0.507. The minimum Gasteiger partial charge on any atom is -0.474 e. The van der Waals surface area contributed by atoms with E-state index in [0.717, 1.165) is 44.8 Å². The average molecular weight is 437 g/mol. The van der Waals surface area contributed by atoms with E-state index in [4.69, 9.17) is 18.9 Å². The normalized spacial score (nSPS) is 24.3. The van der Waals surface area contributed by atoms with E-state index >= 15 is 0 Å². The molecule has 0 aliphatic carbocycles. The van der Waals surface area contributed by atoms with Crippen LogP contribution in [0.15, 0.2) is 18.5 Å². The molecule has 0 aromatic carbocycles. The van der Waals surface area contributed by atoms with E-state index in [0.29, 0.717) is 6.20 Å². The number of rotatable bonds is 5. The third-order valence-corrected chi connectivity index (χ3v) is 4.81. The Morgan fingerprint density at radius 3 is 2.14 bits per heavy atom. The predicted molar refractivity (Wildman–Crippen MR) is 92.8 cm³/mol. The molecule has 160 valence electrons. The van der Waals surface area contributed by atoms with E-state index in [1.807, 2.05) is 0 Å². The van der Waals surface area contributed by atoms with Gasteiger partial charge in [0, 0.05) is 32.7 Å².